The van der Waals surface area contributed by atoms with E-state index in [1.165, 1.54) is 50.1 Å². The Bertz CT molecular complexity index is 611. The molecule has 0 radical (unpaired) electrons. The molecule has 0 unspecified atom stereocenters. The fraction of sp³-hybridized carbons (Fsp3) is 0.333. The molecule has 0 aliphatic rings. The van der Waals surface area contributed by atoms with Gasteiger partial charge < -0.3 is 0 Å². The van der Waals surface area contributed by atoms with E-state index < -0.39 is 0 Å². The molecule has 0 saturated carbocycles. The van der Waals surface area contributed by atoms with Crippen LogP contribution in [0.2, 0.25) is 0 Å². The van der Waals surface area contributed by atoms with Crippen LogP contribution in [0.25, 0.3) is 0 Å². The third-order valence-corrected chi connectivity index (χ3v) is 4.10. The Morgan fingerprint density at radius 1 is 0.241 bits per heavy atom. The minimum atomic E-state index is 0. The van der Waals surface area contributed by atoms with Crippen LogP contribution in [-0.2, 0) is 34.7 Å². The first-order valence-corrected chi connectivity index (χ1v) is 9.70. The number of benzene rings is 3. The van der Waals surface area contributed by atoms with E-state index in [0.717, 1.165) is 0 Å². The smallest absolute Gasteiger partial charge is 0 e. The molecule has 0 saturated heterocycles. The van der Waals surface area contributed by atoms with Crippen molar-refractivity contribution < 1.29 is 34.7 Å². The minimum Gasteiger partial charge on any atom is -0.0564 e. The predicted molar refractivity (Wildman–Crippen MR) is 122 cm³/mol. The number of hydrogen-bond acceptors (Lipinski definition) is 0. The summed E-state index contributed by atoms with van der Waals surface area (Å²) in [6, 6.07) is 19.7. The van der Waals surface area contributed by atoms with Gasteiger partial charge in [-0.25, -0.2) is 0 Å². The van der Waals surface area contributed by atoms with Crippen molar-refractivity contribution in [2.75, 3.05) is 0 Å². The molecule has 0 spiro atoms. The fourth-order valence-electron chi connectivity index (χ4n) is 3.61. The minimum absolute atomic E-state index is 0. The monoisotopic (exact) mass is 464 g/mol. The van der Waals surface area contributed by atoms with Gasteiger partial charge in [0.05, 0.1) is 0 Å². The van der Waals surface area contributed by atoms with Gasteiger partial charge in [-0.1, -0.05) is 105 Å². The van der Waals surface area contributed by atoms with Gasteiger partial charge in [0.15, 0.2) is 0 Å². The van der Waals surface area contributed by atoms with Crippen LogP contribution in [0.3, 0.4) is 0 Å². The van der Waals surface area contributed by atoms with Crippen LogP contribution < -0.4 is 0 Å². The molecule has 0 aliphatic carbocycles. The summed E-state index contributed by atoms with van der Waals surface area (Å²) in [5.41, 5.74) is 12.2. The number of aryl methyl sites for hydroxylation is 9. The summed E-state index contributed by atoms with van der Waals surface area (Å²) in [5, 5.41) is 0. The van der Waals surface area contributed by atoms with Crippen molar-refractivity contribution in [1.29, 1.82) is 0 Å². The summed E-state index contributed by atoms with van der Waals surface area (Å²) >= 11 is 0. The van der Waals surface area contributed by atoms with E-state index >= 15 is 0 Å². The van der Waals surface area contributed by atoms with Gasteiger partial charge in [0.25, 0.3) is 0 Å². The third kappa shape index (κ3) is 13.5. The largest absolute Gasteiger partial charge is 0.0564 e. The Kier molecular flexibility index (Phi) is 15.1. The van der Waals surface area contributed by atoms with Gasteiger partial charge >= 0.3 is 0 Å². The zero-order valence-electron chi connectivity index (χ0n) is 19.5. The van der Waals surface area contributed by atoms with E-state index in [9.17, 15) is 0 Å². The Balaban J connectivity index is 0. The second-order valence-corrected chi connectivity index (χ2v) is 8.00. The molecule has 3 aromatic rings. The molecule has 0 heterocycles. The molecule has 0 aliphatic heterocycles. The van der Waals surface area contributed by atoms with Gasteiger partial charge in [0, 0.05) is 34.7 Å². The zero-order chi connectivity index (χ0) is 20.6. The molecular weight excluding hydrogens is 428 g/mol. The molecule has 0 nitrogen and oxygen atoms in total. The second-order valence-electron chi connectivity index (χ2n) is 8.00. The molecule has 156 valence electrons. The van der Waals surface area contributed by atoms with Crippen LogP contribution >= 0.6 is 0 Å². The summed E-state index contributed by atoms with van der Waals surface area (Å²) in [7, 11) is 0. The maximum Gasteiger partial charge on any atom is 0 e. The quantitative estimate of drug-likeness (QED) is 0.318. The first-order chi connectivity index (χ1) is 12.5. The third-order valence-electron chi connectivity index (χ3n) is 4.10. The standard InChI is InChI=1S/3C9H12.2Cr/c3*1-7-4-8(2)6-9(3)5-7;;/h3*4-6H,1-3H3;;. The van der Waals surface area contributed by atoms with E-state index in [-0.39, 0.29) is 34.7 Å². The van der Waals surface area contributed by atoms with Crippen LogP contribution in [0.4, 0.5) is 0 Å². The van der Waals surface area contributed by atoms with E-state index in [1.54, 1.807) is 0 Å². The van der Waals surface area contributed by atoms with Gasteiger partial charge in [0.1, 0.15) is 0 Å². The maximum atomic E-state index is 2.19. The van der Waals surface area contributed by atoms with Gasteiger partial charge in [-0.15, -0.1) is 0 Å². The SMILES string of the molecule is Cc1cc(C)cc(C)c1.Cc1cc(C)cc(C)c1.Cc1cc(C)cc(C)c1.[Cr].[Cr]. The summed E-state index contributed by atoms with van der Waals surface area (Å²) in [6.07, 6.45) is 0. The van der Waals surface area contributed by atoms with Crippen molar-refractivity contribution in [2.24, 2.45) is 0 Å². The summed E-state index contributed by atoms with van der Waals surface area (Å²) in [4.78, 5) is 0. The van der Waals surface area contributed by atoms with Gasteiger partial charge in [-0.2, -0.15) is 0 Å². The molecule has 0 amide bonds. The van der Waals surface area contributed by atoms with Crippen LogP contribution in [-0.4, -0.2) is 0 Å². The van der Waals surface area contributed by atoms with Gasteiger partial charge in [0.2, 0.25) is 0 Å². The van der Waals surface area contributed by atoms with Crippen molar-refractivity contribution in [3.8, 4) is 0 Å². The number of rotatable bonds is 0. The second kappa shape index (κ2) is 14.7. The van der Waals surface area contributed by atoms with Crippen LogP contribution in [0, 0.1) is 62.3 Å². The molecule has 0 bridgehead atoms. The molecule has 0 atom stereocenters. The Hall–Kier alpha value is -1.28. The van der Waals surface area contributed by atoms with Crippen molar-refractivity contribution in [3.63, 3.8) is 0 Å². The molecule has 2 heteroatoms. The Morgan fingerprint density at radius 3 is 0.379 bits per heavy atom. The van der Waals surface area contributed by atoms with Crippen molar-refractivity contribution in [3.05, 3.63) is 105 Å². The fourth-order valence-corrected chi connectivity index (χ4v) is 3.61. The van der Waals surface area contributed by atoms with Crippen molar-refractivity contribution in [2.45, 2.75) is 62.3 Å². The van der Waals surface area contributed by atoms with Crippen molar-refractivity contribution >= 4 is 0 Å². The average Bonchev–Trinajstić information content (AvgIpc) is 2.43. The van der Waals surface area contributed by atoms with Crippen LogP contribution in [0.5, 0.6) is 0 Å². The molecule has 0 N–H and O–H groups in total. The predicted octanol–water partition coefficient (Wildman–Crippen LogP) is 7.83. The number of hydrogen-bond donors (Lipinski definition) is 0. The van der Waals surface area contributed by atoms with Crippen LogP contribution in [0.15, 0.2) is 54.6 Å². The summed E-state index contributed by atoms with van der Waals surface area (Å²) < 4.78 is 0. The normalized spacial score (nSPS) is 9.00. The van der Waals surface area contributed by atoms with Crippen LogP contribution in [0.1, 0.15) is 50.1 Å². The molecule has 0 aromatic heterocycles. The summed E-state index contributed by atoms with van der Waals surface area (Å²) in [6.45, 7) is 19.1. The molecule has 3 aromatic carbocycles. The summed E-state index contributed by atoms with van der Waals surface area (Å²) in [5.74, 6) is 0. The first kappa shape index (κ1) is 29.9. The molecule has 29 heavy (non-hydrogen) atoms. The first-order valence-electron chi connectivity index (χ1n) is 9.70. The van der Waals surface area contributed by atoms with E-state index in [2.05, 4.69) is 117 Å². The van der Waals surface area contributed by atoms with Crippen molar-refractivity contribution in [1.82, 2.24) is 0 Å². The Morgan fingerprint density at radius 2 is 0.310 bits per heavy atom. The zero-order valence-corrected chi connectivity index (χ0v) is 22.1. The molecule has 3 rings (SSSR count). The van der Waals surface area contributed by atoms with Gasteiger partial charge in [-0.05, 0) is 62.3 Å². The average molecular weight is 465 g/mol. The maximum absolute atomic E-state index is 2.19. The van der Waals surface area contributed by atoms with E-state index in [1.807, 2.05) is 0 Å². The molecular formula is C27H36Cr2. The molecule has 0 fully saturated rings. The topological polar surface area (TPSA) is 0 Å². The van der Waals surface area contributed by atoms with E-state index in [4.69, 9.17) is 0 Å². The Labute approximate surface area is 201 Å². The van der Waals surface area contributed by atoms with E-state index in [0.29, 0.717) is 0 Å². The van der Waals surface area contributed by atoms with Gasteiger partial charge in [-0.3, -0.25) is 0 Å².